The van der Waals surface area contributed by atoms with Crippen molar-refractivity contribution in [3.8, 4) is 0 Å². The topological polar surface area (TPSA) is 90.3 Å². The number of nitrogens with zero attached hydrogens (tertiary/aromatic N) is 2. The van der Waals surface area contributed by atoms with Gasteiger partial charge in [-0.25, -0.2) is 4.72 Å². The Labute approximate surface area is 130 Å². The summed E-state index contributed by atoms with van der Waals surface area (Å²) < 4.78 is 33.9. The van der Waals surface area contributed by atoms with Crippen LogP contribution in [0.1, 0.15) is 39.2 Å². The maximum atomic E-state index is 12.3. The number of hydrogen-bond donors (Lipinski definition) is 1. The van der Waals surface area contributed by atoms with Crippen molar-refractivity contribution in [2.24, 2.45) is 11.8 Å². The van der Waals surface area contributed by atoms with Gasteiger partial charge in [0.05, 0.1) is 12.7 Å². The maximum absolute atomic E-state index is 12.3. The quantitative estimate of drug-likeness (QED) is 0.894. The smallest absolute Gasteiger partial charge is 0.283 e. The SMILES string of the molecule is CC(C)n1ccc(S(=O)(=O)NC(=O)[C@@H]2CC[C@H]3C[C@@H]2CO3)n1. The van der Waals surface area contributed by atoms with Gasteiger partial charge in [-0.1, -0.05) is 0 Å². The number of fused-ring (bicyclic) bond motifs is 2. The van der Waals surface area contributed by atoms with Gasteiger partial charge >= 0.3 is 0 Å². The molecule has 1 amide bonds. The number of nitrogens with one attached hydrogen (secondary N) is 1. The standard InChI is InChI=1S/C14H21N3O4S/c1-9(2)17-6-5-13(15-17)22(19,20)16-14(18)12-4-3-11-7-10(12)8-21-11/h5-6,9-12H,3-4,7-8H2,1-2H3,(H,16,18)/t10-,11+,12-/m1/s1. The Morgan fingerprint density at radius 1 is 1.45 bits per heavy atom. The van der Waals surface area contributed by atoms with E-state index in [4.69, 9.17) is 4.74 Å². The lowest BCUT2D eigenvalue weighted by molar-refractivity contribution is -0.125. The molecule has 8 heteroatoms. The Morgan fingerprint density at radius 3 is 2.91 bits per heavy atom. The molecule has 0 unspecified atom stereocenters. The Kier molecular flexibility index (Phi) is 3.98. The monoisotopic (exact) mass is 327 g/mol. The fourth-order valence-electron chi connectivity index (χ4n) is 3.17. The molecular weight excluding hydrogens is 306 g/mol. The van der Waals surface area contributed by atoms with Crippen molar-refractivity contribution in [1.29, 1.82) is 0 Å². The molecule has 0 aromatic carbocycles. The summed E-state index contributed by atoms with van der Waals surface area (Å²) in [5.74, 6) is -0.601. The highest BCUT2D eigenvalue weighted by Crippen LogP contribution is 2.37. The molecule has 1 aromatic rings. The molecule has 1 saturated carbocycles. The van der Waals surface area contributed by atoms with Crippen LogP contribution in [-0.4, -0.2) is 36.8 Å². The van der Waals surface area contributed by atoms with Crippen LogP contribution in [0.25, 0.3) is 0 Å². The molecule has 1 aromatic heterocycles. The summed E-state index contributed by atoms with van der Waals surface area (Å²) in [6.45, 7) is 4.35. The first kappa shape index (κ1) is 15.5. The minimum Gasteiger partial charge on any atom is -0.378 e. The predicted octanol–water partition coefficient (Wildman–Crippen LogP) is 1.08. The van der Waals surface area contributed by atoms with Crippen molar-refractivity contribution in [3.63, 3.8) is 0 Å². The molecule has 1 saturated heterocycles. The van der Waals surface area contributed by atoms with Gasteiger partial charge in [0.1, 0.15) is 0 Å². The summed E-state index contributed by atoms with van der Waals surface area (Å²) in [6, 6.07) is 1.47. The molecule has 7 nitrogen and oxygen atoms in total. The van der Waals surface area contributed by atoms with Crippen LogP contribution in [0.5, 0.6) is 0 Å². The van der Waals surface area contributed by atoms with Crippen LogP contribution in [0.2, 0.25) is 0 Å². The van der Waals surface area contributed by atoms with E-state index < -0.39 is 15.9 Å². The number of aromatic nitrogens is 2. The number of amides is 1. The van der Waals surface area contributed by atoms with Gasteiger partial charge in [-0.15, -0.1) is 0 Å². The highest BCUT2D eigenvalue weighted by atomic mass is 32.2. The summed E-state index contributed by atoms with van der Waals surface area (Å²) in [7, 11) is -3.91. The third kappa shape index (κ3) is 2.89. The van der Waals surface area contributed by atoms with E-state index in [0.29, 0.717) is 13.0 Å². The van der Waals surface area contributed by atoms with E-state index >= 15 is 0 Å². The second-order valence-electron chi connectivity index (χ2n) is 6.33. The van der Waals surface area contributed by atoms with Crippen LogP contribution >= 0.6 is 0 Å². The summed E-state index contributed by atoms with van der Waals surface area (Å²) in [4.78, 5) is 12.3. The van der Waals surface area contributed by atoms with Crippen molar-refractivity contribution in [1.82, 2.24) is 14.5 Å². The summed E-state index contributed by atoms with van der Waals surface area (Å²) >= 11 is 0. The molecule has 122 valence electrons. The van der Waals surface area contributed by atoms with Crippen molar-refractivity contribution in [3.05, 3.63) is 12.3 Å². The fraction of sp³-hybridized carbons (Fsp3) is 0.714. The van der Waals surface area contributed by atoms with E-state index in [9.17, 15) is 13.2 Å². The molecule has 0 radical (unpaired) electrons. The maximum Gasteiger partial charge on any atom is 0.283 e. The fourth-order valence-corrected chi connectivity index (χ4v) is 4.14. The zero-order valence-corrected chi connectivity index (χ0v) is 13.5. The minimum atomic E-state index is -3.91. The molecule has 2 fully saturated rings. The summed E-state index contributed by atoms with van der Waals surface area (Å²) in [5.41, 5.74) is 0. The summed E-state index contributed by atoms with van der Waals surface area (Å²) in [5, 5.41) is 3.90. The molecule has 22 heavy (non-hydrogen) atoms. The number of sulfonamides is 1. The van der Waals surface area contributed by atoms with Crippen LogP contribution in [0.3, 0.4) is 0 Å². The van der Waals surface area contributed by atoms with Crippen LogP contribution in [0.4, 0.5) is 0 Å². The van der Waals surface area contributed by atoms with Crippen LogP contribution in [0.15, 0.2) is 17.3 Å². The molecule has 3 rings (SSSR count). The van der Waals surface area contributed by atoms with E-state index in [1.54, 1.807) is 10.9 Å². The van der Waals surface area contributed by atoms with Gasteiger partial charge in [0.25, 0.3) is 10.0 Å². The second-order valence-corrected chi connectivity index (χ2v) is 7.96. The number of ether oxygens (including phenoxy) is 1. The van der Waals surface area contributed by atoms with Gasteiger partial charge in [-0.05, 0) is 45.1 Å². The average Bonchev–Trinajstić information content (AvgIpc) is 3.06. The first-order valence-electron chi connectivity index (χ1n) is 7.60. The molecule has 2 heterocycles. The van der Waals surface area contributed by atoms with Crippen molar-refractivity contribution < 1.29 is 17.9 Å². The lowest BCUT2D eigenvalue weighted by atomic mass is 9.80. The largest absolute Gasteiger partial charge is 0.378 e. The number of carbonyl (C=O) groups excluding carboxylic acids is 1. The second kappa shape index (κ2) is 5.66. The van der Waals surface area contributed by atoms with E-state index in [2.05, 4.69) is 9.82 Å². The zero-order valence-electron chi connectivity index (χ0n) is 12.7. The first-order valence-corrected chi connectivity index (χ1v) is 9.08. The van der Waals surface area contributed by atoms with Gasteiger partial charge in [-0.2, -0.15) is 13.5 Å². The Bertz CT molecular complexity index is 667. The van der Waals surface area contributed by atoms with Gasteiger partial charge in [0.2, 0.25) is 5.91 Å². The van der Waals surface area contributed by atoms with Crippen LogP contribution in [-0.2, 0) is 19.6 Å². The van der Waals surface area contributed by atoms with E-state index in [1.165, 1.54) is 6.07 Å². The lowest BCUT2D eigenvalue weighted by Crippen LogP contribution is -2.40. The average molecular weight is 327 g/mol. The number of rotatable bonds is 4. The Morgan fingerprint density at radius 2 is 2.23 bits per heavy atom. The van der Waals surface area contributed by atoms with E-state index in [-0.39, 0.29) is 29.0 Å². The van der Waals surface area contributed by atoms with E-state index in [0.717, 1.165) is 12.8 Å². The van der Waals surface area contributed by atoms with Gasteiger partial charge in [0.15, 0.2) is 5.03 Å². The Hall–Kier alpha value is -1.41. The third-order valence-electron chi connectivity index (χ3n) is 4.44. The lowest BCUT2D eigenvalue weighted by Gasteiger charge is -2.25. The molecule has 2 aliphatic rings. The molecular formula is C14H21N3O4S. The van der Waals surface area contributed by atoms with Gasteiger partial charge < -0.3 is 4.74 Å². The first-order chi connectivity index (χ1) is 10.4. The molecule has 1 N–H and O–H groups in total. The molecule has 3 atom stereocenters. The molecule has 1 aliphatic carbocycles. The predicted molar refractivity (Wildman–Crippen MR) is 78.5 cm³/mol. The van der Waals surface area contributed by atoms with Crippen molar-refractivity contribution >= 4 is 15.9 Å². The number of carbonyl (C=O) groups is 1. The molecule has 2 bridgehead atoms. The van der Waals surface area contributed by atoms with Crippen molar-refractivity contribution in [2.45, 2.75) is 50.3 Å². The normalized spacial score (nSPS) is 28.0. The summed E-state index contributed by atoms with van der Waals surface area (Å²) in [6.07, 6.45) is 4.18. The highest BCUT2D eigenvalue weighted by Gasteiger charge is 2.41. The van der Waals surface area contributed by atoms with Crippen LogP contribution in [0, 0.1) is 11.8 Å². The van der Waals surface area contributed by atoms with Crippen molar-refractivity contribution in [2.75, 3.05) is 6.61 Å². The highest BCUT2D eigenvalue weighted by molar-refractivity contribution is 7.90. The van der Waals surface area contributed by atoms with Crippen LogP contribution < -0.4 is 4.72 Å². The van der Waals surface area contributed by atoms with E-state index in [1.807, 2.05) is 13.8 Å². The Balaban J connectivity index is 1.71. The third-order valence-corrected chi connectivity index (χ3v) is 5.68. The molecule has 0 spiro atoms. The zero-order chi connectivity index (χ0) is 15.9. The molecule has 1 aliphatic heterocycles. The minimum absolute atomic E-state index is 0.0607. The van der Waals surface area contributed by atoms with Gasteiger partial charge in [0, 0.05) is 18.2 Å². The van der Waals surface area contributed by atoms with Gasteiger partial charge in [-0.3, -0.25) is 9.48 Å². The number of hydrogen-bond acceptors (Lipinski definition) is 5.